The Morgan fingerprint density at radius 3 is 1.38 bits per heavy atom. The first-order valence-corrected chi connectivity index (χ1v) is 45.3. The molecule has 0 spiro atoms. The van der Waals surface area contributed by atoms with Gasteiger partial charge < -0.3 is 28.3 Å². The van der Waals surface area contributed by atoms with E-state index in [-0.39, 0.29) is 20.3 Å². The van der Waals surface area contributed by atoms with Crippen LogP contribution in [-0.2, 0) is 41.5 Å². The monoisotopic (exact) mass is 1670 g/mol. The van der Waals surface area contributed by atoms with Crippen LogP contribution < -0.4 is 13.6 Å². The maximum atomic E-state index is 13.7. The maximum Gasteiger partial charge on any atom is 0.435 e. The van der Waals surface area contributed by atoms with Gasteiger partial charge in [0.2, 0.25) is 10.3 Å². The molecule has 10 rings (SSSR count). The molecule has 6 aromatic heterocycles. The normalized spacial score (nSPS) is 12.0. The Labute approximate surface area is 639 Å². The van der Waals surface area contributed by atoms with Gasteiger partial charge in [-0.1, -0.05) is 92.1 Å². The van der Waals surface area contributed by atoms with Gasteiger partial charge in [-0.2, -0.15) is 19.6 Å². The van der Waals surface area contributed by atoms with E-state index in [9.17, 15) is 19.2 Å². The van der Waals surface area contributed by atoms with Gasteiger partial charge in [0.25, 0.3) is 0 Å². The van der Waals surface area contributed by atoms with Crippen LogP contribution in [-0.4, -0.2) is 152 Å². The molecule has 0 aliphatic carbocycles. The first-order valence-electron chi connectivity index (χ1n) is 34.6. The molecule has 0 N–H and O–H groups in total. The number of hydrogen-bond acceptors (Lipinski definition) is 20. The summed E-state index contributed by atoms with van der Waals surface area (Å²) in [5, 5.41) is 28.7. The van der Waals surface area contributed by atoms with Crippen LogP contribution in [0.2, 0.25) is 23.4 Å². The minimum absolute atomic E-state index is 0.176. The molecular weight excluding hydrogens is 1580 g/mol. The number of aromatic nitrogens is 12. The molecule has 0 aliphatic heterocycles. The van der Waals surface area contributed by atoms with Crippen molar-refractivity contribution < 1.29 is 47.6 Å². The molecule has 0 unspecified atom stereocenters. The number of nitrogens with zero attached hydrogens (tertiary/aromatic N) is 14. The van der Waals surface area contributed by atoms with E-state index >= 15 is 0 Å². The number of methoxy groups -OCH3 is 2. The van der Waals surface area contributed by atoms with Crippen LogP contribution >= 0.6 is 61.8 Å². The summed E-state index contributed by atoms with van der Waals surface area (Å²) in [7, 11) is 3.45. The zero-order valence-electron chi connectivity index (χ0n) is 62.4. The van der Waals surface area contributed by atoms with Crippen LogP contribution in [0.1, 0.15) is 142 Å². The molecule has 0 bridgehead atoms. The fraction of sp³-hybridized carbons (Fsp3) is 0.459. The van der Waals surface area contributed by atoms with Crippen molar-refractivity contribution in [1.82, 2.24) is 59.1 Å². The molecule has 104 heavy (non-hydrogen) atoms. The van der Waals surface area contributed by atoms with Crippen LogP contribution in [0.15, 0.2) is 114 Å². The molecule has 10 aromatic rings. The van der Waals surface area contributed by atoms with Gasteiger partial charge in [-0.3, -0.25) is 0 Å². The minimum Gasteiger partial charge on any atom is -0.443 e. The number of rotatable bonds is 23. The molecule has 0 atom stereocenters. The van der Waals surface area contributed by atoms with Crippen LogP contribution in [0.3, 0.4) is 0 Å². The van der Waals surface area contributed by atoms with Crippen molar-refractivity contribution in [2.75, 3.05) is 37.2 Å². The van der Waals surface area contributed by atoms with Gasteiger partial charge >= 0.3 is 166 Å². The summed E-state index contributed by atoms with van der Waals surface area (Å²) in [4.78, 5) is 64.5. The minimum atomic E-state index is -2.37. The fourth-order valence-electron chi connectivity index (χ4n) is 11.1. The van der Waals surface area contributed by atoms with Gasteiger partial charge in [0, 0.05) is 58.0 Å². The molecule has 24 nitrogen and oxygen atoms in total. The predicted molar refractivity (Wildman–Crippen MR) is 420 cm³/mol. The average Bonchev–Trinajstić information content (AvgIpc) is 1.56. The summed E-state index contributed by atoms with van der Waals surface area (Å²) >= 11 is 17.2. The molecule has 30 heteroatoms. The molecule has 0 saturated heterocycles. The second-order valence-corrected chi connectivity index (χ2v) is 45.2. The van der Waals surface area contributed by atoms with Crippen LogP contribution in [0.25, 0.3) is 54.3 Å². The molecule has 2 amide bonds. The van der Waals surface area contributed by atoms with Gasteiger partial charge in [-0.05, 0) is 126 Å². The molecule has 0 saturated carbocycles. The average molecular weight is 1670 g/mol. The number of ether oxygens (including phenoxy) is 6. The van der Waals surface area contributed by atoms with Crippen molar-refractivity contribution in [3.63, 3.8) is 0 Å². The smallest absolute Gasteiger partial charge is 0.435 e. The van der Waals surface area contributed by atoms with Crippen molar-refractivity contribution in [1.29, 1.82) is 0 Å². The summed E-state index contributed by atoms with van der Waals surface area (Å²) in [6.07, 6.45) is 16.2. The molecule has 0 aliphatic rings. The van der Waals surface area contributed by atoms with E-state index in [1.54, 1.807) is 128 Å². The zero-order valence-corrected chi connectivity index (χ0v) is 70.0. The topological polar surface area (TPSA) is 253 Å². The van der Waals surface area contributed by atoms with Crippen molar-refractivity contribution >= 4 is 152 Å². The second kappa shape index (κ2) is 36.3. The molecule has 4 aromatic carbocycles. The maximum absolute atomic E-state index is 13.7. The molecule has 0 fully saturated rings. The predicted octanol–water partition coefficient (Wildman–Crippen LogP) is 20.0. The summed E-state index contributed by atoms with van der Waals surface area (Å²) < 4.78 is 46.4. The summed E-state index contributed by atoms with van der Waals surface area (Å²) in [5.41, 5.74) is 0.978. The number of benzene rings is 4. The van der Waals surface area contributed by atoms with Crippen molar-refractivity contribution in [2.24, 2.45) is 0 Å². The van der Waals surface area contributed by atoms with E-state index in [2.05, 4.69) is 83.0 Å². The van der Waals surface area contributed by atoms with Gasteiger partial charge in [-0.15, -0.1) is 20.4 Å². The largest absolute Gasteiger partial charge is 0.443 e. The first kappa shape index (κ1) is 82.3. The van der Waals surface area contributed by atoms with Crippen LogP contribution in [0, 0.1) is 0 Å². The van der Waals surface area contributed by atoms with E-state index in [1.165, 1.54) is 101 Å². The Morgan fingerprint density at radius 2 is 0.942 bits per heavy atom. The first-order chi connectivity index (χ1) is 49.2. The Hall–Kier alpha value is -7.38. The fourth-order valence-corrected chi connectivity index (χ4v) is 29.9. The Balaban J connectivity index is 0.000000209. The Kier molecular flexibility index (Phi) is 28.7. The van der Waals surface area contributed by atoms with Gasteiger partial charge in [0.05, 0.1) is 51.5 Å². The number of hydrogen-bond donors (Lipinski definition) is 0. The Bertz CT molecular complexity index is 4520. The second-order valence-electron chi connectivity index (χ2n) is 28.7. The number of carbonyl (C=O) groups is 4. The third-order valence-electron chi connectivity index (χ3n) is 15.8. The van der Waals surface area contributed by atoms with Crippen molar-refractivity contribution in [2.45, 2.75) is 191 Å². The van der Waals surface area contributed by atoms with Gasteiger partial charge in [0.15, 0.2) is 0 Å². The quantitative estimate of drug-likeness (QED) is 0.0426. The number of anilines is 4. The number of unbranched alkanes of at least 4 members (excludes halogenated alkanes) is 3. The van der Waals surface area contributed by atoms with Crippen LogP contribution in [0.4, 0.5) is 40.8 Å². The number of carbonyl (C=O) groups excluding carboxylic acids is 4. The summed E-state index contributed by atoms with van der Waals surface area (Å²) in [6, 6.07) is 21.9. The van der Waals surface area contributed by atoms with E-state index in [1.807, 2.05) is 65.5 Å². The number of amides is 2. The molecular formula is C74H95BrCl2N14O10S2Sn. The standard InChI is InChI=1S/C31H34ClN7O5S.C25H25BrClN5O4S.C6H9N2O.3C4H9.Sn/c1-30(2,3)43-28(40)38(23-12-11-22-21(24(23)32)18-34-39(22)29(41)44-31(4,5)6)27-36-35-26(45-27)20-10-8-9-19(17-20)25-33-13-14-37(25)15-16-42-7;1-24(2,3)35-22(33)31(21-30-29-20(37-21)14-8-7-9-15(26)12-14)18-11-10-17-16(19(18)27)13-28-32(17)23(34)36-25(4,5)6;1-9-5-4-8-3-2-7-6-8;3*1-3-4-2;/h8-14,17-18H,15-16H2,1-7H3;7-13H,1-6H3;2-3H,4-5H2,1H3;3*1,3-4H2,2H3;. The van der Waals surface area contributed by atoms with Crippen molar-refractivity contribution in [3.8, 4) is 32.5 Å². The van der Waals surface area contributed by atoms with E-state index in [0.717, 1.165) is 49.5 Å². The zero-order chi connectivity index (χ0) is 75.9. The SMILES string of the molecule is CC(C)(C)OC(=O)N(c1nnc(-c2cccc(Br)c2)s1)c1ccc2c(cnn2C(=O)OC(C)(C)C)c1Cl.CCC[CH2][Sn]([CH2]CCC)([CH2]CCC)[c]1nccn1CCOC.COCCn1ccnc1-c1cccc(-c2nnc(N(C(=O)OC(C)(C)C)c3ccc4c(cnn4C(=O)OC(C)(C)C)c3Cl)s2)c1. The third kappa shape index (κ3) is 21.7. The van der Waals surface area contributed by atoms with E-state index in [0.29, 0.717) is 56.3 Å². The van der Waals surface area contributed by atoms with Crippen molar-refractivity contribution in [3.05, 3.63) is 124 Å². The number of imidazole rings is 2. The number of halogens is 3. The number of fused-ring (bicyclic) bond motifs is 2. The van der Waals surface area contributed by atoms with Gasteiger partial charge in [-0.25, -0.2) is 34.0 Å². The molecule has 558 valence electrons. The van der Waals surface area contributed by atoms with Gasteiger partial charge in [0.1, 0.15) is 38.2 Å². The van der Waals surface area contributed by atoms with E-state index < -0.39 is 65.2 Å². The third-order valence-corrected chi connectivity index (χ3v) is 34.1. The Morgan fingerprint density at radius 1 is 0.529 bits per heavy atom. The summed E-state index contributed by atoms with van der Waals surface area (Å²) in [5.74, 6) is 0.793. The molecule has 0 radical (unpaired) electrons. The summed E-state index contributed by atoms with van der Waals surface area (Å²) in [6.45, 7) is 31.2. The van der Waals surface area contributed by atoms with E-state index in [4.69, 9.17) is 56.6 Å². The molecule has 6 heterocycles. The van der Waals surface area contributed by atoms with Crippen LogP contribution in [0.5, 0.6) is 0 Å².